The van der Waals surface area contributed by atoms with Gasteiger partial charge in [0, 0.05) is 11.4 Å². The average Bonchev–Trinajstić information content (AvgIpc) is 3.16. The van der Waals surface area contributed by atoms with E-state index in [1.165, 1.54) is 4.90 Å². The molecule has 2 heterocycles. The van der Waals surface area contributed by atoms with Gasteiger partial charge in [0.15, 0.2) is 5.82 Å². The molecule has 0 fully saturated rings. The number of nitrogens with two attached hydrogens (primary N) is 1. The van der Waals surface area contributed by atoms with Crippen LogP contribution >= 0.6 is 11.8 Å². The molecule has 0 aliphatic carbocycles. The van der Waals surface area contributed by atoms with Gasteiger partial charge in [-0.3, -0.25) is 0 Å². The van der Waals surface area contributed by atoms with E-state index in [9.17, 15) is 0 Å². The maximum atomic E-state index is 5.49. The molecule has 0 saturated carbocycles. The monoisotopic (exact) mass is 302 g/mol. The van der Waals surface area contributed by atoms with E-state index in [2.05, 4.69) is 32.6 Å². The minimum atomic E-state index is 0.364. The van der Waals surface area contributed by atoms with Crippen molar-refractivity contribution >= 4 is 11.8 Å². The third kappa shape index (κ3) is 3.67. The van der Waals surface area contributed by atoms with E-state index in [1.54, 1.807) is 22.6 Å². The minimum absolute atomic E-state index is 0.364. The van der Waals surface area contributed by atoms with Gasteiger partial charge in [0.25, 0.3) is 0 Å². The number of thioether (sulfide) groups is 1. The lowest BCUT2D eigenvalue weighted by Gasteiger charge is -1.96. The summed E-state index contributed by atoms with van der Waals surface area (Å²) in [6.07, 6.45) is 1.77. The smallest absolute Gasteiger partial charge is 0.248 e. The number of aromatic nitrogens is 5. The van der Waals surface area contributed by atoms with Gasteiger partial charge >= 0.3 is 0 Å². The number of hydrogen-bond donors (Lipinski definition) is 1. The first-order valence-corrected chi connectivity index (χ1v) is 7.40. The molecular formula is C13H14N6OS. The van der Waals surface area contributed by atoms with Crippen LogP contribution < -0.4 is 5.73 Å². The SMILES string of the molecule is NCc1cn(Cc2nc(CSc3ccccc3)no2)nn1. The van der Waals surface area contributed by atoms with Gasteiger partial charge in [-0.25, -0.2) is 4.68 Å². The largest absolute Gasteiger partial charge is 0.337 e. The van der Waals surface area contributed by atoms with Crippen LogP contribution in [-0.2, 0) is 18.8 Å². The number of benzene rings is 1. The highest BCUT2D eigenvalue weighted by molar-refractivity contribution is 7.98. The first kappa shape index (κ1) is 13.8. The molecule has 0 amide bonds. The van der Waals surface area contributed by atoms with Gasteiger partial charge in [0.1, 0.15) is 6.54 Å². The molecule has 0 bridgehead atoms. The van der Waals surface area contributed by atoms with Crippen LogP contribution in [0.15, 0.2) is 45.9 Å². The highest BCUT2D eigenvalue weighted by Crippen LogP contribution is 2.20. The van der Waals surface area contributed by atoms with Crippen LogP contribution in [0.3, 0.4) is 0 Å². The summed E-state index contributed by atoms with van der Waals surface area (Å²) in [5, 5.41) is 11.8. The van der Waals surface area contributed by atoms with Crippen LogP contribution in [0.1, 0.15) is 17.4 Å². The van der Waals surface area contributed by atoms with Gasteiger partial charge < -0.3 is 10.3 Å². The zero-order valence-electron chi connectivity index (χ0n) is 11.2. The van der Waals surface area contributed by atoms with Crippen molar-refractivity contribution in [1.82, 2.24) is 25.1 Å². The van der Waals surface area contributed by atoms with Crippen molar-refractivity contribution in [2.45, 2.75) is 23.7 Å². The highest BCUT2D eigenvalue weighted by atomic mass is 32.2. The van der Waals surface area contributed by atoms with E-state index in [0.29, 0.717) is 30.6 Å². The lowest BCUT2D eigenvalue weighted by atomic mass is 10.4. The summed E-state index contributed by atoms with van der Waals surface area (Å²) in [4.78, 5) is 5.51. The number of rotatable bonds is 6. The third-order valence-electron chi connectivity index (χ3n) is 2.71. The van der Waals surface area contributed by atoms with Crippen molar-refractivity contribution in [3.63, 3.8) is 0 Å². The molecule has 0 aliphatic heterocycles. The summed E-state index contributed by atoms with van der Waals surface area (Å²) in [6.45, 7) is 0.763. The summed E-state index contributed by atoms with van der Waals surface area (Å²) in [5.74, 6) is 1.84. The van der Waals surface area contributed by atoms with E-state index < -0.39 is 0 Å². The lowest BCUT2D eigenvalue weighted by Crippen LogP contribution is -2.01. The molecule has 0 radical (unpaired) electrons. The summed E-state index contributed by atoms with van der Waals surface area (Å²) >= 11 is 1.66. The van der Waals surface area contributed by atoms with E-state index >= 15 is 0 Å². The Morgan fingerprint density at radius 2 is 2.10 bits per heavy atom. The van der Waals surface area contributed by atoms with Crippen molar-refractivity contribution in [3.05, 3.63) is 53.9 Å². The fourth-order valence-corrected chi connectivity index (χ4v) is 2.49. The molecule has 0 saturated heterocycles. The van der Waals surface area contributed by atoms with E-state index in [4.69, 9.17) is 10.3 Å². The molecule has 0 atom stereocenters. The van der Waals surface area contributed by atoms with Gasteiger partial charge in [0.05, 0.1) is 17.6 Å². The molecule has 21 heavy (non-hydrogen) atoms. The predicted molar refractivity (Wildman–Crippen MR) is 77.3 cm³/mol. The Bertz CT molecular complexity index is 696. The van der Waals surface area contributed by atoms with Gasteiger partial charge in [-0.2, -0.15) is 4.98 Å². The second-order valence-electron chi connectivity index (χ2n) is 4.32. The highest BCUT2D eigenvalue weighted by Gasteiger charge is 2.09. The Labute approximate surface area is 125 Å². The summed E-state index contributed by atoms with van der Waals surface area (Å²) in [5.41, 5.74) is 6.22. The molecule has 0 aliphatic rings. The van der Waals surface area contributed by atoms with Crippen molar-refractivity contribution in [2.75, 3.05) is 0 Å². The zero-order chi connectivity index (χ0) is 14.5. The van der Waals surface area contributed by atoms with Crippen LogP contribution in [0, 0.1) is 0 Å². The maximum absolute atomic E-state index is 5.49. The fraction of sp³-hybridized carbons (Fsp3) is 0.231. The van der Waals surface area contributed by atoms with Gasteiger partial charge in [-0.1, -0.05) is 28.6 Å². The first-order valence-electron chi connectivity index (χ1n) is 6.42. The lowest BCUT2D eigenvalue weighted by molar-refractivity contribution is 0.361. The topological polar surface area (TPSA) is 95.7 Å². The molecular weight excluding hydrogens is 288 g/mol. The summed E-state index contributed by atoms with van der Waals surface area (Å²) in [7, 11) is 0. The normalized spacial score (nSPS) is 10.9. The Morgan fingerprint density at radius 1 is 1.24 bits per heavy atom. The molecule has 0 unspecified atom stereocenters. The Morgan fingerprint density at radius 3 is 2.86 bits per heavy atom. The molecule has 1 aromatic carbocycles. The molecule has 3 rings (SSSR count). The van der Waals surface area contributed by atoms with Crippen LogP contribution in [0.2, 0.25) is 0 Å². The maximum Gasteiger partial charge on any atom is 0.248 e. The molecule has 0 spiro atoms. The quantitative estimate of drug-likeness (QED) is 0.689. The molecule has 7 nitrogen and oxygen atoms in total. The van der Waals surface area contributed by atoms with Crippen molar-refractivity contribution < 1.29 is 4.52 Å². The summed E-state index contributed by atoms with van der Waals surface area (Å²) < 4.78 is 6.83. The molecule has 8 heteroatoms. The molecule has 3 aromatic rings. The van der Waals surface area contributed by atoms with Crippen LogP contribution in [0.5, 0.6) is 0 Å². The molecule has 108 valence electrons. The fourth-order valence-electron chi connectivity index (χ4n) is 1.73. The predicted octanol–water partition coefficient (Wildman–Crippen LogP) is 1.46. The van der Waals surface area contributed by atoms with Crippen LogP contribution in [0.25, 0.3) is 0 Å². The molecule has 2 N–H and O–H groups in total. The Hall–Kier alpha value is -2.19. The van der Waals surface area contributed by atoms with E-state index in [-0.39, 0.29) is 0 Å². The van der Waals surface area contributed by atoms with E-state index in [1.807, 2.05) is 18.2 Å². The molecule has 2 aromatic heterocycles. The van der Waals surface area contributed by atoms with Gasteiger partial charge in [-0.15, -0.1) is 16.9 Å². The van der Waals surface area contributed by atoms with Gasteiger partial charge in [-0.05, 0) is 12.1 Å². The van der Waals surface area contributed by atoms with Crippen molar-refractivity contribution in [3.8, 4) is 0 Å². The Balaban J connectivity index is 1.58. The first-order chi connectivity index (χ1) is 10.3. The summed E-state index contributed by atoms with van der Waals surface area (Å²) in [6, 6.07) is 10.1. The van der Waals surface area contributed by atoms with Crippen molar-refractivity contribution in [1.29, 1.82) is 0 Å². The van der Waals surface area contributed by atoms with Crippen LogP contribution in [0.4, 0.5) is 0 Å². The zero-order valence-corrected chi connectivity index (χ0v) is 12.0. The number of nitrogens with zero attached hydrogens (tertiary/aromatic N) is 5. The minimum Gasteiger partial charge on any atom is -0.337 e. The van der Waals surface area contributed by atoms with Gasteiger partial charge in [0.2, 0.25) is 5.89 Å². The van der Waals surface area contributed by atoms with Crippen molar-refractivity contribution in [2.24, 2.45) is 5.73 Å². The van der Waals surface area contributed by atoms with E-state index in [0.717, 1.165) is 5.69 Å². The number of hydrogen-bond acceptors (Lipinski definition) is 7. The average molecular weight is 302 g/mol. The third-order valence-corrected chi connectivity index (χ3v) is 3.72. The second kappa shape index (κ2) is 6.51. The standard InChI is InChI=1S/C13H14N6OS/c14-6-10-7-19(18-16-10)8-13-15-12(17-20-13)9-21-11-4-2-1-3-5-11/h1-5,7H,6,8-9,14H2. The Kier molecular flexibility index (Phi) is 4.27. The van der Waals surface area contributed by atoms with Crippen LogP contribution in [-0.4, -0.2) is 25.1 Å². The second-order valence-corrected chi connectivity index (χ2v) is 5.37.